The Hall–Kier alpha value is -1.59. The molecule has 6 heteroatoms. The maximum Gasteiger partial charge on any atom is 0.310 e. The molecule has 1 radical (unpaired) electrons. The normalized spacial score (nSPS) is 12.6. The van der Waals surface area contributed by atoms with Crippen molar-refractivity contribution >= 4 is 17.9 Å². The summed E-state index contributed by atoms with van der Waals surface area (Å²) in [5.74, 6) is -3.60. The van der Waals surface area contributed by atoms with Crippen LogP contribution < -0.4 is 0 Å². The molecule has 0 aliphatic rings. The molecule has 0 amide bonds. The molecule has 0 aromatic heterocycles. The second-order valence-corrected chi connectivity index (χ2v) is 11.3. The van der Waals surface area contributed by atoms with Gasteiger partial charge in [-0.1, -0.05) is 136 Å². The highest BCUT2D eigenvalue weighted by molar-refractivity contribution is 5.86. The third-order valence-corrected chi connectivity index (χ3v) is 7.47. The zero-order valence-electron chi connectivity index (χ0n) is 26.5. The molecule has 0 fully saturated rings. The monoisotopic (exact) mass is 567 g/mol. The fourth-order valence-corrected chi connectivity index (χ4v) is 4.72. The molecule has 0 heterocycles. The topological polar surface area (TPSA) is 78.9 Å². The second kappa shape index (κ2) is 28.9. The Bertz CT molecular complexity index is 605. The Morgan fingerprint density at radius 3 is 1.20 bits per heavy atom. The van der Waals surface area contributed by atoms with E-state index in [9.17, 15) is 14.4 Å². The van der Waals surface area contributed by atoms with Gasteiger partial charge in [-0.05, 0) is 26.2 Å². The standard InChI is InChI=1S/C34H63O6/c1-5-8-11-14-17-20-23-26-38-32(35)29-31(34(37)40-28-25-22-19-16-13-10-7-3)30(4)33(36)39-27-24-21-18-15-12-9-6-2/h30-31H,4-29H2,1-3H3. The van der Waals surface area contributed by atoms with E-state index in [1.54, 1.807) is 0 Å². The lowest BCUT2D eigenvalue weighted by atomic mass is 9.91. The van der Waals surface area contributed by atoms with Crippen molar-refractivity contribution in [1.82, 2.24) is 0 Å². The fraction of sp³-hybridized carbons (Fsp3) is 0.882. The molecular formula is C34H63O6. The molecule has 0 rings (SSSR count). The third kappa shape index (κ3) is 23.1. The zero-order chi connectivity index (χ0) is 29.7. The van der Waals surface area contributed by atoms with Crippen molar-refractivity contribution in [1.29, 1.82) is 0 Å². The lowest BCUT2D eigenvalue weighted by molar-refractivity contribution is -0.162. The van der Waals surface area contributed by atoms with Crippen molar-refractivity contribution in [2.45, 2.75) is 162 Å². The molecule has 0 N–H and O–H groups in total. The van der Waals surface area contributed by atoms with E-state index in [1.165, 1.54) is 77.0 Å². The summed E-state index contributed by atoms with van der Waals surface area (Å²) in [6.07, 6.45) is 23.3. The van der Waals surface area contributed by atoms with Gasteiger partial charge in [-0.15, -0.1) is 0 Å². The molecule has 0 aromatic carbocycles. The molecule has 0 aromatic rings. The van der Waals surface area contributed by atoms with Gasteiger partial charge < -0.3 is 14.2 Å². The van der Waals surface area contributed by atoms with Crippen molar-refractivity contribution in [3.63, 3.8) is 0 Å². The summed E-state index contributed by atoms with van der Waals surface area (Å²) in [6.45, 7) is 11.4. The highest BCUT2D eigenvalue weighted by Crippen LogP contribution is 2.21. The molecule has 0 bridgehead atoms. The number of rotatable bonds is 29. The number of esters is 3. The molecular weight excluding hydrogens is 504 g/mol. The summed E-state index contributed by atoms with van der Waals surface area (Å²) in [4.78, 5) is 38.2. The van der Waals surface area contributed by atoms with Crippen LogP contribution in [0.3, 0.4) is 0 Å². The smallest absolute Gasteiger partial charge is 0.310 e. The van der Waals surface area contributed by atoms with Crippen molar-refractivity contribution in [2.24, 2.45) is 11.8 Å². The number of carbonyl (C=O) groups is 3. The minimum Gasteiger partial charge on any atom is -0.466 e. The number of hydrogen-bond donors (Lipinski definition) is 0. The van der Waals surface area contributed by atoms with Crippen molar-refractivity contribution in [3.8, 4) is 0 Å². The van der Waals surface area contributed by atoms with Gasteiger partial charge in [0, 0.05) is 0 Å². The van der Waals surface area contributed by atoms with Gasteiger partial charge >= 0.3 is 17.9 Å². The van der Waals surface area contributed by atoms with Crippen LogP contribution in [0.25, 0.3) is 0 Å². The van der Waals surface area contributed by atoms with E-state index in [0.29, 0.717) is 13.2 Å². The van der Waals surface area contributed by atoms with Crippen LogP contribution in [0.5, 0.6) is 0 Å². The molecule has 2 atom stereocenters. The summed E-state index contributed by atoms with van der Waals surface area (Å²) in [5.41, 5.74) is 0. The quantitative estimate of drug-likeness (QED) is 0.0509. The Balaban J connectivity index is 4.60. The van der Waals surface area contributed by atoms with Gasteiger partial charge in [0.25, 0.3) is 0 Å². The summed E-state index contributed by atoms with van der Waals surface area (Å²) in [7, 11) is 0. The van der Waals surface area contributed by atoms with E-state index < -0.39 is 29.7 Å². The highest BCUT2D eigenvalue weighted by Gasteiger charge is 2.35. The first kappa shape index (κ1) is 38.4. The van der Waals surface area contributed by atoms with E-state index in [2.05, 4.69) is 27.7 Å². The summed E-state index contributed by atoms with van der Waals surface area (Å²) >= 11 is 0. The third-order valence-electron chi connectivity index (χ3n) is 7.47. The van der Waals surface area contributed by atoms with Gasteiger partial charge in [-0.25, -0.2) is 0 Å². The summed E-state index contributed by atoms with van der Waals surface area (Å²) in [6, 6.07) is 0. The number of hydrogen-bond acceptors (Lipinski definition) is 6. The first-order valence-electron chi connectivity index (χ1n) is 16.8. The van der Waals surface area contributed by atoms with Crippen LogP contribution in [0.4, 0.5) is 0 Å². The van der Waals surface area contributed by atoms with Gasteiger partial charge in [0.2, 0.25) is 0 Å². The number of carbonyl (C=O) groups excluding carboxylic acids is 3. The van der Waals surface area contributed by atoms with Crippen molar-refractivity contribution in [3.05, 3.63) is 6.92 Å². The van der Waals surface area contributed by atoms with E-state index >= 15 is 0 Å². The predicted octanol–water partition coefficient (Wildman–Crippen LogP) is 9.32. The summed E-state index contributed by atoms with van der Waals surface area (Å²) < 4.78 is 16.3. The minimum atomic E-state index is -1.00. The molecule has 6 nitrogen and oxygen atoms in total. The molecule has 0 spiro atoms. The van der Waals surface area contributed by atoms with Crippen LogP contribution in [0.2, 0.25) is 0 Å². The van der Waals surface area contributed by atoms with Crippen LogP contribution in [0.15, 0.2) is 0 Å². The van der Waals surface area contributed by atoms with Crippen LogP contribution in [-0.4, -0.2) is 37.7 Å². The first-order valence-corrected chi connectivity index (χ1v) is 16.8. The maximum atomic E-state index is 12.9. The van der Waals surface area contributed by atoms with Crippen LogP contribution in [-0.2, 0) is 28.6 Å². The number of unbranched alkanes of at least 4 members (excludes halogenated alkanes) is 18. The van der Waals surface area contributed by atoms with Crippen LogP contribution >= 0.6 is 0 Å². The van der Waals surface area contributed by atoms with Gasteiger partial charge in [0.1, 0.15) is 0 Å². The second-order valence-electron chi connectivity index (χ2n) is 11.3. The molecule has 235 valence electrons. The van der Waals surface area contributed by atoms with Gasteiger partial charge in [0.15, 0.2) is 0 Å². The lowest BCUT2D eigenvalue weighted by Crippen LogP contribution is -2.33. The zero-order valence-corrected chi connectivity index (χ0v) is 26.5. The Labute approximate surface area is 247 Å². The van der Waals surface area contributed by atoms with Crippen LogP contribution in [0.1, 0.15) is 162 Å². The van der Waals surface area contributed by atoms with Crippen molar-refractivity contribution < 1.29 is 28.6 Å². The molecule has 0 aliphatic carbocycles. The van der Waals surface area contributed by atoms with Crippen LogP contribution in [0, 0.1) is 18.8 Å². The molecule has 0 saturated heterocycles. The Kier molecular flexibility index (Phi) is 27.8. The van der Waals surface area contributed by atoms with E-state index in [1.807, 2.05) is 0 Å². The number of ether oxygens (including phenoxy) is 3. The molecule has 2 unspecified atom stereocenters. The lowest BCUT2D eigenvalue weighted by Gasteiger charge is -2.21. The fourth-order valence-electron chi connectivity index (χ4n) is 4.72. The van der Waals surface area contributed by atoms with Gasteiger partial charge in [0.05, 0.1) is 38.1 Å². The molecule has 0 saturated carbocycles. The van der Waals surface area contributed by atoms with E-state index in [4.69, 9.17) is 14.2 Å². The SMILES string of the molecule is [CH2]C(C(=O)OCCCCCCCCC)C(CC(=O)OCCCCCCCCC)C(=O)OCCCCCCCCC. The summed E-state index contributed by atoms with van der Waals surface area (Å²) in [5, 5.41) is 0. The van der Waals surface area contributed by atoms with Crippen molar-refractivity contribution in [2.75, 3.05) is 19.8 Å². The predicted molar refractivity (Wildman–Crippen MR) is 164 cm³/mol. The minimum absolute atomic E-state index is 0.215. The Morgan fingerprint density at radius 1 is 0.475 bits per heavy atom. The Morgan fingerprint density at radius 2 is 0.800 bits per heavy atom. The molecule has 0 aliphatic heterocycles. The molecule has 40 heavy (non-hydrogen) atoms. The maximum absolute atomic E-state index is 12.9. The first-order chi connectivity index (χ1) is 19.5. The largest absolute Gasteiger partial charge is 0.466 e. The highest BCUT2D eigenvalue weighted by atomic mass is 16.5. The average molecular weight is 568 g/mol. The van der Waals surface area contributed by atoms with Gasteiger partial charge in [-0.3, -0.25) is 14.4 Å². The van der Waals surface area contributed by atoms with Gasteiger partial charge in [-0.2, -0.15) is 0 Å². The van der Waals surface area contributed by atoms with E-state index in [-0.39, 0.29) is 13.0 Å². The van der Waals surface area contributed by atoms with E-state index in [0.717, 1.165) is 57.8 Å². The average Bonchev–Trinajstić information content (AvgIpc) is 2.95.